The van der Waals surface area contributed by atoms with E-state index in [1.165, 1.54) is 12.8 Å². The van der Waals surface area contributed by atoms with Gasteiger partial charge in [0.25, 0.3) is 5.91 Å². The standard InChI is InChI=1S/C25H27N3O.2ClH/c29-25(28-14-12-20(13-15-28)26-17-18-10-11-18)22-16-24(19-6-2-1-3-7-19)27-23-9-5-4-8-21(22)23;;/h1-9,16,18,20,26H,10-15,17H2;2*1H. The largest absolute Gasteiger partial charge is 0.339 e. The van der Waals surface area contributed by atoms with Crippen molar-refractivity contribution in [2.45, 2.75) is 31.7 Å². The Bertz CT molecular complexity index is 1020. The van der Waals surface area contributed by atoms with Crippen LogP contribution in [0.25, 0.3) is 22.2 Å². The summed E-state index contributed by atoms with van der Waals surface area (Å²) >= 11 is 0. The molecule has 1 saturated carbocycles. The fourth-order valence-corrected chi connectivity index (χ4v) is 4.22. The Hall–Kier alpha value is -2.14. The van der Waals surface area contributed by atoms with Gasteiger partial charge in [0.15, 0.2) is 0 Å². The molecule has 2 heterocycles. The summed E-state index contributed by atoms with van der Waals surface area (Å²) in [4.78, 5) is 20.3. The van der Waals surface area contributed by atoms with Gasteiger partial charge in [-0.25, -0.2) is 4.98 Å². The molecule has 164 valence electrons. The number of piperidine rings is 1. The number of nitrogens with zero attached hydrogens (tertiary/aromatic N) is 2. The number of likely N-dealkylation sites (tertiary alicyclic amines) is 1. The average molecular weight is 458 g/mol. The molecule has 0 atom stereocenters. The van der Waals surface area contributed by atoms with Crippen LogP contribution in [0.3, 0.4) is 0 Å². The lowest BCUT2D eigenvalue weighted by molar-refractivity contribution is 0.0707. The second kappa shape index (κ2) is 10.4. The van der Waals surface area contributed by atoms with E-state index >= 15 is 0 Å². The van der Waals surface area contributed by atoms with E-state index in [0.717, 1.165) is 66.1 Å². The lowest BCUT2D eigenvalue weighted by Crippen LogP contribution is -2.45. The summed E-state index contributed by atoms with van der Waals surface area (Å²) in [6.45, 7) is 2.78. The molecule has 0 bridgehead atoms. The zero-order valence-electron chi connectivity index (χ0n) is 17.5. The molecule has 1 N–H and O–H groups in total. The second-order valence-electron chi connectivity index (χ2n) is 8.36. The normalized spacial score (nSPS) is 16.5. The Labute approximate surface area is 196 Å². The quantitative estimate of drug-likeness (QED) is 0.561. The number of hydrogen-bond acceptors (Lipinski definition) is 3. The van der Waals surface area contributed by atoms with Crippen molar-refractivity contribution >= 4 is 41.6 Å². The van der Waals surface area contributed by atoms with Crippen molar-refractivity contribution in [1.29, 1.82) is 0 Å². The highest BCUT2D eigenvalue weighted by molar-refractivity contribution is 6.07. The van der Waals surface area contributed by atoms with Gasteiger partial charge in [0.05, 0.1) is 16.8 Å². The van der Waals surface area contributed by atoms with Gasteiger partial charge in [-0.2, -0.15) is 0 Å². The molecule has 0 unspecified atom stereocenters. The predicted octanol–water partition coefficient (Wildman–Crippen LogP) is 5.35. The molecule has 2 aliphatic rings. The molecule has 4 nitrogen and oxygen atoms in total. The third kappa shape index (κ3) is 5.38. The van der Waals surface area contributed by atoms with Crippen LogP contribution in [-0.4, -0.2) is 41.5 Å². The van der Waals surface area contributed by atoms with E-state index in [1.54, 1.807) is 0 Å². The Morgan fingerprint density at radius 1 is 0.935 bits per heavy atom. The van der Waals surface area contributed by atoms with E-state index < -0.39 is 0 Å². The number of benzene rings is 2. The number of halogens is 2. The molecule has 2 fully saturated rings. The number of pyridine rings is 1. The Balaban J connectivity index is 0.00000136. The molecule has 6 heteroatoms. The van der Waals surface area contributed by atoms with Gasteiger partial charge in [-0.15, -0.1) is 24.8 Å². The topological polar surface area (TPSA) is 45.2 Å². The van der Waals surface area contributed by atoms with E-state index in [0.29, 0.717) is 6.04 Å². The fourth-order valence-electron chi connectivity index (χ4n) is 4.22. The maximum absolute atomic E-state index is 13.5. The number of carbonyl (C=O) groups excluding carboxylic acids is 1. The van der Waals surface area contributed by atoms with Crippen molar-refractivity contribution in [2.75, 3.05) is 19.6 Å². The van der Waals surface area contributed by atoms with Crippen LogP contribution in [0.4, 0.5) is 0 Å². The summed E-state index contributed by atoms with van der Waals surface area (Å²) in [6, 6.07) is 20.6. The maximum atomic E-state index is 13.5. The molecule has 1 saturated heterocycles. The lowest BCUT2D eigenvalue weighted by atomic mass is 10.0. The van der Waals surface area contributed by atoms with Gasteiger partial charge >= 0.3 is 0 Å². The molecule has 1 aromatic heterocycles. The van der Waals surface area contributed by atoms with Crippen molar-refractivity contribution in [3.8, 4) is 11.3 Å². The van der Waals surface area contributed by atoms with Gasteiger partial charge in [0.2, 0.25) is 0 Å². The Morgan fingerprint density at radius 3 is 2.32 bits per heavy atom. The van der Waals surface area contributed by atoms with Crippen molar-refractivity contribution in [2.24, 2.45) is 5.92 Å². The highest BCUT2D eigenvalue weighted by atomic mass is 35.5. The summed E-state index contributed by atoms with van der Waals surface area (Å²) < 4.78 is 0. The molecule has 3 aromatic rings. The molecular weight excluding hydrogens is 429 g/mol. The molecule has 31 heavy (non-hydrogen) atoms. The van der Waals surface area contributed by atoms with Crippen molar-refractivity contribution in [1.82, 2.24) is 15.2 Å². The molecule has 2 aromatic carbocycles. The number of amides is 1. The second-order valence-corrected chi connectivity index (χ2v) is 8.36. The van der Waals surface area contributed by atoms with Gasteiger partial charge in [-0.05, 0) is 50.3 Å². The van der Waals surface area contributed by atoms with Gasteiger partial charge < -0.3 is 10.2 Å². The number of fused-ring (bicyclic) bond motifs is 1. The molecule has 1 aliphatic carbocycles. The molecule has 5 rings (SSSR count). The van der Waals surface area contributed by atoms with Gasteiger partial charge in [0.1, 0.15) is 0 Å². The summed E-state index contributed by atoms with van der Waals surface area (Å²) in [5.41, 5.74) is 3.53. The number of hydrogen-bond donors (Lipinski definition) is 1. The zero-order chi connectivity index (χ0) is 19.6. The Morgan fingerprint density at radius 2 is 1.61 bits per heavy atom. The smallest absolute Gasteiger partial charge is 0.254 e. The highest BCUT2D eigenvalue weighted by Crippen LogP contribution is 2.29. The van der Waals surface area contributed by atoms with E-state index in [4.69, 9.17) is 4.98 Å². The first-order valence-electron chi connectivity index (χ1n) is 10.8. The van der Waals surface area contributed by atoms with Crippen molar-refractivity contribution in [3.05, 3.63) is 66.2 Å². The fraction of sp³-hybridized carbons (Fsp3) is 0.360. The highest BCUT2D eigenvalue weighted by Gasteiger charge is 2.27. The summed E-state index contributed by atoms with van der Waals surface area (Å²) in [7, 11) is 0. The van der Waals surface area contributed by atoms with Crippen LogP contribution in [0.2, 0.25) is 0 Å². The van der Waals surface area contributed by atoms with Crippen LogP contribution >= 0.6 is 24.8 Å². The average Bonchev–Trinajstić information content (AvgIpc) is 3.62. The minimum Gasteiger partial charge on any atom is -0.339 e. The summed E-state index contributed by atoms with van der Waals surface area (Å²) in [5.74, 6) is 1.02. The van der Waals surface area contributed by atoms with Crippen molar-refractivity contribution < 1.29 is 4.79 Å². The zero-order valence-corrected chi connectivity index (χ0v) is 19.1. The van der Waals surface area contributed by atoms with Gasteiger partial charge in [-0.3, -0.25) is 4.79 Å². The van der Waals surface area contributed by atoms with E-state index in [-0.39, 0.29) is 30.7 Å². The SMILES string of the molecule is Cl.Cl.O=C(c1cc(-c2ccccc2)nc2ccccc12)N1CCC(NCC2CC2)CC1. The van der Waals surface area contributed by atoms with Crippen LogP contribution in [-0.2, 0) is 0 Å². The predicted molar refractivity (Wildman–Crippen MR) is 131 cm³/mol. The molecule has 1 aliphatic heterocycles. The number of carbonyl (C=O) groups is 1. The third-order valence-corrected chi connectivity index (χ3v) is 6.19. The molecule has 0 radical (unpaired) electrons. The monoisotopic (exact) mass is 457 g/mol. The van der Waals surface area contributed by atoms with Crippen molar-refractivity contribution in [3.63, 3.8) is 0 Å². The first kappa shape index (κ1) is 23.5. The van der Waals surface area contributed by atoms with Crippen LogP contribution < -0.4 is 5.32 Å². The van der Waals surface area contributed by atoms with E-state index in [2.05, 4.69) is 5.32 Å². The number of rotatable bonds is 5. The first-order chi connectivity index (χ1) is 14.3. The Kier molecular flexibility index (Phi) is 7.93. The van der Waals surface area contributed by atoms with Crippen LogP contribution in [0.1, 0.15) is 36.0 Å². The third-order valence-electron chi connectivity index (χ3n) is 6.19. The number of nitrogens with one attached hydrogen (secondary N) is 1. The van der Waals surface area contributed by atoms with E-state index in [1.807, 2.05) is 65.6 Å². The first-order valence-corrected chi connectivity index (χ1v) is 10.8. The summed E-state index contributed by atoms with van der Waals surface area (Å²) in [5, 5.41) is 4.63. The molecule has 1 amide bonds. The van der Waals surface area contributed by atoms with Crippen LogP contribution in [0.15, 0.2) is 60.7 Å². The number of aromatic nitrogens is 1. The molecule has 0 spiro atoms. The maximum Gasteiger partial charge on any atom is 0.254 e. The lowest BCUT2D eigenvalue weighted by Gasteiger charge is -2.33. The molecular formula is C25H29Cl2N3O. The minimum atomic E-state index is 0. The number of para-hydroxylation sites is 1. The minimum absolute atomic E-state index is 0. The van der Waals surface area contributed by atoms with Crippen LogP contribution in [0, 0.1) is 5.92 Å². The van der Waals surface area contributed by atoms with Gasteiger partial charge in [-0.1, -0.05) is 48.5 Å². The van der Waals surface area contributed by atoms with Crippen LogP contribution in [0.5, 0.6) is 0 Å². The van der Waals surface area contributed by atoms with E-state index in [9.17, 15) is 4.79 Å². The van der Waals surface area contributed by atoms with Gasteiger partial charge in [0, 0.05) is 30.1 Å². The summed E-state index contributed by atoms with van der Waals surface area (Å²) in [6.07, 6.45) is 4.83.